The molecule has 27 heavy (non-hydrogen) atoms. The van der Waals surface area contributed by atoms with Crippen LogP contribution in [0.3, 0.4) is 0 Å². The van der Waals surface area contributed by atoms with Gasteiger partial charge in [-0.1, -0.05) is 23.4 Å². The number of amides is 1. The predicted octanol–water partition coefficient (Wildman–Crippen LogP) is 2.67. The molecular formula is C17H19ClN4O3S2. The minimum absolute atomic E-state index is 0.0360. The number of rotatable bonds is 4. The molecule has 0 aliphatic carbocycles. The molecule has 0 radical (unpaired) electrons. The van der Waals surface area contributed by atoms with Crippen molar-refractivity contribution in [3.63, 3.8) is 0 Å². The predicted molar refractivity (Wildman–Crippen MR) is 104 cm³/mol. The van der Waals surface area contributed by atoms with Crippen molar-refractivity contribution in [3.05, 3.63) is 40.9 Å². The van der Waals surface area contributed by atoms with Gasteiger partial charge in [0.1, 0.15) is 0 Å². The Hall–Kier alpha value is -1.71. The molecule has 2 aromatic rings. The van der Waals surface area contributed by atoms with Gasteiger partial charge < -0.3 is 4.90 Å². The van der Waals surface area contributed by atoms with E-state index in [-0.39, 0.29) is 16.7 Å². The van der Waals surface area contributed by atoms with Crippen LogP contribution in [0.4, 0.5) is 0 Å². The quantitative estimate of drug-likeness (QED) is 0.548. The molecule has 0 bridgehead atoms. The number of hydrogen-bond acceptors (Lipinski definition) is 7. The van der Waals surface area contributed by atoms with E-state index in [1.54, 1.807) is 4.90 Å². The topological polar surface area (TPSA) is 93.1 Å². The van der Waals surface area contributed by atoms with E-state index in [0.29, 0.717) is 47.4 Å². The van der Waals surface area contributed by atoms with Crippen molar-refractivity contribution in [2.75, 3.05) is 25.6 Å². The summed E-state index contributed by atoms with van der Waals surface area (Å²) in [6.07, 6.45) is 8.83. The smallest absolute Gasteiger partial charge is 0.256 e. The second-order valence-corrected chi connectivity index (χ2v) is 9.53. The van der Waals surface area contributed by atoms with Gasteiger partial charge in [-0.15, -0.1) is 0 Å². The van der Waals surface area contributed by atoms with E-state index < -0.39 is 9.84 Å². The molecule has 0 unspecified atom stereocenters. The zero-order chi connectivity index (χ0) is 19.6. The zero-order valence-electron chi connectivity index (χ0n) is 14.9. The van der Waals surface area contributed by atoms with Gasteiger partial charge >= 0.3 is 0 Å². The molecule has 10 heteroatoms. The SMILES string of the molecule is CSc1ncc(C(=O)N2CCC(c3ncc(Cl)cc3S(C)(=O)=O)CC2)cn1. The highest BCUT2D eigenvalue weighted by molar-refractivity contribution is 7.98. The number of aromatic nitrogens is 3. The summed E-state index contributed by atoms with van der Waals surface area (Å²) in [4.78, 5) is 27.1. The van der Waals surface area contributed by atoms with Gasteiger partial charge in [-0.3, -0.25) is 9.78 Å². The minimum atomic E-state index is -3.43. The molecule has 1 saturated heterocycles. The van der Waals surface area contributed by atoms with Gasteiger partial charge in [0.05, 0.1) is 21.2 Å². The van der Waals surface area contributed by atoms with Crippen LogP contribution in [0.5, 0.6) is 0 Å². The van der Waals surface area contributed by atoms with Crippen molar-refractivity contribution < 1.29 is 13.2 Å². The summed E-state index contributed by atoms with van der Waals surface area (Å²) in [6.45, 7) is 1.03. The maximum absolute atomic E-state index is 12.6. The fourth-order valence-corrected chi connectivity index (χ4v) is 4.58. The monoisotopic (exact) mass is 426 g/mol. The molecule has 0 N–H and O–H groups in total. The number of carbonyl (C=O) groups is 1. The molecule has 1 aliphatic rings. The Labute approximate surface area is 167 Å². The van der Waals surface area contributed by atoms with Gasteiger partial charge in [0, 0.05) is 43.9 Å². The van der Waals surface area contributed by atoms with E-state index >= 15 is 0 Å². The molecule has 1 aliphatic heterocycles. The van der Waals surface area contributed by atoms with Crippen molar-refractivity contribution in [1.29, 1.82) is 0 Å². The highest BCUT2D eigenvalue weighted by Gasteiger charge is 2.29. The first kappa shape index (κ1) is 20.0. The third-order valence-corrected chi connectivity index (χ3v) is 6.38. The number of sulfone groups is 1. The second-order valence-electron chi connectivity index (χ2n) is 6.33. The molecular weight excluding hydrogens is 408 g/mol. The number of halogens is 1. The van der Waals surface area contributed by atoms with E-state index in [1.165, 1.54) is 36.4 Å². The van der Waals surface area contributed by atoms with Gasteiger partial charge in [-0.25, -0.2) is 18.4 Å². The van der Waals surface area contributed by atoms with Crippen LogP contribution in [0.2, 0.25) is 5.02 Å². The number of carbonyl (C=O) groups excluding carboxylic acids is 1. The number of hydrogen-bond donors (Lipinski definition) is 0. The van der Waals surface area contributed by atoms with Crippen molar-refractivity contribution in [2.45, 2.75) is 28.8 Å². The molecule has 144 valence electrons. The number of likely N-dealkylation sites (tertiary alicyclic amines) is 1. The van der Waals surface area contributed by atoms with Crippen molar-refractivity contribution in [1.82, 2.24) is 19.9 Å². The standard InChI is InChI=1S/C17H19ClN4O3S2/c1-26-17-20-8-12(9-21-17)16(23)22-5-3-11(4-6-22)15-14(27(2,24)25)7-13(18)10-19-15/h7-11H,3-6H2,1-2H3. The zero-order valence-corrected chi connectivity index (χ0v) is 17.3. The summed E-state index contributed by atoms with van der Waals surface area (Å²) in [5, 5.41) is 0.910. The number of piperidine rings is 1. The first-order valence-corrected chi connectivity index (χ1v) is 11.8. The Balaban J connectivity index is 1.73. The first-order chi connectivity index (χ1) is 12.8. The normalized spacial score (nSPS) is 15.7. The van der Waals surface area contributed by atoms with Crippen LogP contribution in [-0.2, 0) is 9.84 Å². The molecule has 1 fully saturated rings. The number of pyridine rings is 1. The lowest BCUT2D eigenvalue weighted by atomic mass is 9.92. The molecule has 3 rings (SSSR count). The summed E-state index contributed by atoms with van der Waals surface area (Å²) in [7, 11) is -3.43. The molecule has 1 amide bonds. The van der Waals surface area contributed by atoms with Crippen LogP contribution in [0.15, 0.2) is 34.7 Å². The fraction of sp³-hybridized carbons (Fsp3) is 0.412. The average molecular weight is 427 g/mol. The molecule has 0 saturated carbocycles. The van der Waals surface area contributed by atoms with Gasteiger partial charge in [-0.2, -0.15) is 0 Å². The summed E-state index contributed by atoms with van der Waals surface area (Å²) < 4.78 is 24.2. The van der Waals surface area contributed by atoms with Crippen molar-refractivity contribution in [3.8, 4) is 0 Å². The van der Waals surface area contributed by atoms with Crippen molar-refractivity contribution in [2.24, 2.45) is 0 Å². The molecule has 2 aromatic heterocycles. The third-order valence-electron chi connectivity index (χ3n) is 4.47. The van der Waals surface area contributed by atoms with E-state index in [2.05, 4.69) is 15.0 Å². The van der Waals surface area contributed by atoms with E-state index in [0.717, 1.165) is 6.26 Å². The molecule has 0 aromatic carbocycles. The summed E-state index contributed by atoms with van der Waals surface area (Å²) in [5.74, 6) is -0.153. The van der Waals surface area contributed by atoms with Gasteiger partial charge in [0.2, 0.25) is 0 Å². The molecule has 7 nitrogen and oxygen atoms in total. The number of nitrogens with zero attached hydrogens (tertiary/aromatic N) is 4. The first-order valence-electron chi connectivity index (χ1n) is 8.30. The molecule has 3 heterocycles. The van der Waals surface area contributed by atoms with Crippen LogP contribution in [0, 0.1) is 0 Å². The van der Waals surface area contributed by atoms with E-state index in [1.807, 2.05) is 6.26 Å². The summed E-state index contributed by atoms with van der Waals surface area (Å²) in [6, 6.07) is 1.45. The van der Waals surface area contributed by atoms with Crippen molar-refractivity contribution >= 4 is 39.1 Å². The van der Waals surface area contributed by atoms with Gasteiger partial charge in [0.15, 0.2) is 15.0 Å². The maximum atomic E-state index is 12.6. The fourth-order valence-electron chi connectivity index (χ4n) is 3.11. The summed E-state index contributed by atoms with van der Waals surface area (Å²) >= 11 is 7.34. The average Bonchev–Trinajstić information content (AvgIpc) is 2.67. The Morgan fingerprint density at radius 2 is 1.81 bits per heavy atom. The van der Waals surface area contributed by atoms with E-state index in [9.17, 15) is 13.2 Å². The maximum Gasteiger partial charge on any atom is 0.256 e. The molecule has 0 atom stereocenters. The summed E-state index contributed by atoms with van der Waals surface area (Å²) in [5.41, 5.74) is 0.981. The highest BCUT2D eigenvalue weighted by atomic mass is 35.5. The molecule has 0 spiro atoms. The highest BCUT2D eigenvalue weighted by Crippen LogP contribution is 2.32. The van der Waals surface area contributed by atoms with Gasteiger partial charge in [-0.05, 0) is 25.2 Å². The Kier molecular flexibility index (Phi) is 6.02. The Morgan fingerprint density at radius 3 is 2.37 bits per heavy atom. The third kappa shape index (κ3) is 4.59. The Morgan fingerprint density at radius 1 is 1.19 bits per heavy atom. The van der Waals surface area contributed by atoms with Crippen LogP contribution in [-0.4, -0.2) is 59.8 Å². The number of thioether (sulfide) groups is 1. The second kappa shape index (κ2) is 8.12. The Bertz CT molecular complexity index is 943. The largest absolute Gasteiger partial charge is 0.339 e. The lowest BCUT2D eigenvalue weighted by molar-refractivity contribution is 0.0710. The van der Waals surface area contributed by atoms with Gasteiger partial charge in [0.25, 0.3) is 5.91 Å². The van der Waals surface area contributed by atoms with Crippen LogP contribution < -0.4 is 0 Å². The van der Waals surface area contributed by atoms with Crippen LogP contribution >= 0.6 is 23.4 Å². The van der Waals surface area contributed by atoms with Crippen LogP contribution in [0.1, 0.15) is 34.8 Å². The van der Waals surface area contributed by atoms with E-state index in [4.69, 9.17) is 11.6 Å². The minimum Gasteiger partial charge on any atom is -0.339 e. The lowest BCUT2D eigenvalue weighted by Crippen LogP contribution is -2.38. The van der Waals surface area contributed by atoms with Crippen LogP contribution in [0.25, 0.3) is 0 Å². The lowest BCUT2D eigenvalue weighted by Gasteiger charge is -2.32.